The van der Waals surface area contributed by atoms with Gasteiger partial charge in [0, 0.05) is 43.3 Å². The van der Waals surface area contributed by atoms with Crippen LogP contribution < -0.4 is 16.0 Å². The van der Waals surface area contributed by atoms with Gasteiger partial charge in [0.1, 0.15) is 11.6 Å². The topological polar surface area (TPSA) is 84.9 Å². The number of nitrogens with one attached hydrogen (secondary N) is 1. The molecule has 1 aromatic carbocycles. The number of rotatable bonds is 4. The number of benzene rings is 1. The fraction of sp³-hybridized carbons (Fsp3) is 0.235. The van der Waals surface area contributed by atoms with E-state index in [1.54, 1.807) is 29.2 Å². The Morgan fingerprint density at radius 3 is 2.80 bits per heavy atom. The summed E-state index contributed by atoms with van der Waals surface area (Å²) in [7, 11) is 0. The van der Waals surface area contributed by atoms with Gasteiger partial charge in [-0.05, 0) is 36.8 Å². The maximum Gasteiger partial charge on any atom is 0.224 e. The molecule has 2 aromatic heterocycles. The molecule has 0 bridgehead atoms. The second-order valence-electron chi connectivity index (χ2n) is 5.97. The minimum absolute atomic E-state index is 0.198. The molecule has 0 saturated carbocycles. The van der Waals surface area contributed by atoms with Crippen LogP contribution in [0.15, 0.2) is 48.8 Å². The van der Waals surface area contributed by atoms with Gasteiger partial charge in [-0.2, -0.15) is 15.1 Å². The molecule has 1 fully saturated rings. The first-order chi connectivity index (χ1) is 12.2. The average Bonchev–Trinajstić information content (AvgIpc) is 3.27. The van der Waals surface area contributed by atoms with Crippen LogP contribution in [0.2, 0.25) is 0 Å². The first-order valence-corrected chi connectivity index (χ1v) is 8.09. The molecule has 1 aliphatic heterocycles. The van der Waals surface area contributed by atoms with E-state index >= 15 is 0 Å². The van der Waals surface area contributed by atoms with Crippen LogP contribution in [0.1, 0.15) is 6.42 Å². The number of nitrogens with zero attached hydrogens (tertiary/aromatic N) is 5. The van der Waals surface area contributed by atoms with Gasteiger partial charge in [-0.25, -0.2) is 9.07 Å². The number of hydrogen-bond donors (Lipinski definition) is 2. The van der Waals surface area contributed by atoms with E-state index in [0.717, 1.165) is 25.2 Å². The molecule has 1 aliphatic rings. The summed E-state index contributed by atoms with van der Waals surface area (Å²) in [6.45, 7) is 1.71. The summed E-state index contributed by atoms with van der Waals surface area (Å²) < 4.78 is 14.7. The Hall–Kier alpha value is -3.16. The van der Waals surface area contributed by atoms with Crippen LogP contribution in [0.25, 0.3) is 5.82 Å². The lowest BCUT2D eigenvalue weighted by molar-refractivity contribution is 0.627. The number of nitrogen functional groups attached to an aromatic ring is 1. The fourth-order valence-corrected chi connectivity index (χ4v) is 3.02. The number of aromatic nitrogens is 4. The van der Waals surface area contributed by atoms with Gasteiger partial charge in [0.05, 0.1) is 0 Å². The van der Waals surface area contributed by atoms with Gasteiger partial charge >= 0.3 is 0 Å². The van der Waals surface area contributed by atoms with Gasteiger partial charge in [0.2, 0.25) is 5.95 Å². The van der Waals surface area contributed by atoms with Crippen LogP contribution in [-0.2, 0) is 0 Å². The van der Waals surface area contributed by atoms with Crippen molar-refractivity contribution in [2.75, 3.05) is 29.0 Å². The van der Waals surface area contributed by atoms with Crippen LogP contribution in [0.5, 0.6) is 0 Å². The van der Waals surface area contributed by atoms with Crippen molar-refractivity contribution in [3.63, 3.8) is 0 Å². The monoisotopic (exact) mass is 339 g/mol. The van der Waals surface area contributed by atoms with Crippen LogP contribution >= 0.6 is 0 Å². The Bertz CT molecular complexity index is 848. The van der Waals surface area contributed by atoms with Gasteiger partial charge in [-0.1, -0.05) is 0 Å². The molecule has 128 valence electrons. The highest BCUT2D eigenvalue weighted by molar-refractivity contribution is 5.50. The van der Waals surface area contributed by atoms with Crippen molar-refractivity contribution in [1.82, 2.24) is 19.7 Å². The van der Waals surface area contributed by atoms with E-state index in [1.807, 2.05) is 12.1 Å². The zero-order valence-electron chi connectivity index (χ0n) is 13.5. The van der Waals surface area contributed by atoms with E-state index in [2.05, 4.69) is 25.3 Å². The van der Waals surface area contributed by atoms with Crippen LogP contribution in [0.4, 0.5) is 21.8 Å². The normalized spacial score (nSPS) is 17.0. The lowest BCUT2D eigenvalue weighted by Gasteiger charge is -2.19. The summed E-state index contributed by atoms with van der Waals surface area (Å²) in [6, 6.07) is 10.4. The van der Waals surface area contributed by atoms with Gasteiger partial charge in [-0.3, -0.25) is 0 Å². The zero-order chi connectivity index (χ0) is 17.2. The lowest BCUT2D eigenvalue weighted by Crippen LogP contribution is -2.26. The molecule has 1 atom stereocenters. The maximum absolute atomic E-state index is 13.1. The van der Waals surface area contributed by atoms with Crippen molar-refractivity contribution in [1.29, 1.82) is 0 Å². The van der Waals surface area contributed by atoms with Gasteiger partial charge in [0.25, 0.3) is 0 Å². The van der Waals surface area contributed by atoms with E-state index in [-0.39, 0.29) is 17.8 Å². The van der Waals surface area contributed by atoms with Gasteiger partial charge in [-0.15, -0.1) is 0 Å². The zero-order valence-corrected chi connectivity index (χ0v) is 13.5. The van der Waals surface area contributed by atoms with Crippen molar-refractivity contribution in [2.45, 2.75) is 12.5 Å². The van der Waals surface area contributed by atoms with Crippen molar-refractivity contribution < 1.29 is 4.39 Å². The summed E-state index contributed by atoms with van der Waals surface area (Å²) in [4.78, 5) is 10.7. The van der Waals surface area contributed by atoms with E-state index in [9.17, 15) is 4.39 Å². The molecule has 3 aromatic rings. The summed E-state index contributed by atoms with van der Waals surface area (Å²) in [5, 5.41) is 7.57. The smallest absolute Gasteiger partial charge is 0.224 e. The number of hydrogen-bond acceptors (Lipinski definition) is 6. The predicted molar refractivity (Wildman–Crippen MR) is 94.2 cm³/mol. The fourth-order valence-electron chi connectivity index (χ4n) is 3.02. The molecule has 3 N–H and O–H groups in total. The number of nitrogens with two attached hydrogens (primary N) is 1. The average molecular weight is 339 g/mol. The van der Waals surface area contributed by atoms with Gasteiger partial charge in [0.15, 0.2) is 5.82 Å². The Morgan fingerprint density at radius 1 is 1.20 bits per heavy atom. The third kappa shape index (κ3) is 3.37. The third-order valence-corrected chi connectivity index (χ3v) is 4.20. The van der Waals surface area contributed by atoms with Crippen LogP contribution in [0, 0.1) is 5.82 Å². The second-order valence-corrected chi connectivity index (χ2v) is 5.97. The summed E-state index contributed by atoms with van der Waals surface area (Å²) in [6.07, 6.45) is 4.44. The maximum atomic E-state index is 13.1. The highest BCUT2D eigenvalue weighted by Gasteiger charge is 2.23. The van der Waals surface area contributed by atoms with Crippen LogP contribution in [-0.4, -0.2) is 38.9 Å². The third-order valence-electron chi connectivity index (χ3n) is 4.20. The summed E-state index contributed by atoms with van der Waals surface area (Å²) in [5.41, 5.74) is 6.84. The standard InChI is InChI=1S/C17H18FN7/c18-12-2-4-14(5-3-12)24-9-6-13(11-24)21-15-10-16(23-17(19)22-15)25-8-1-7-20-25/h1-5,7-8,10,13H,6,9,11H2,(H3,19,21,22,23). The molecule has 0 amide bonds. The Balaban J connectivity index is 1.47. The van der Waals surface area contributed by atoms with Gasteiger partial charge < -0.3 is 16.0 Å². The molecule has 1 unspecified atom stereocenters. The molecule has 0 aliphatic carbocycles. The molecule has 0 spiro atoms. The quantitative estimate of drug-likeness (QED) is 0.757. The summed E-state index contributed by atoms with van der Waals surface area (Å²) >= 11 is 0. The molecule has 4 rings (SSSR count). The molecule has 7 nitrogen and oxygen atoms in total. The Morgan fingerprint density at radius 2 is 2.04 bits per heavy atom. The van der Waals surface area contributed by atoms with E-state index in [1.165, 1.54) is 12.1 Å². The second kappa shape index (κ2) is 6.39. The molecule has 25 heavy (non-hydrogen) atoms. The molecule has 3 heterocycles. The van der Waals surface area contributed by atoms with Crippen molar-refractivity contribution in [3.8, 4) is 5.82 Å². The van der Waals surface area contributed by atoms with Crippen molar-refractivity contribution in [3.05, 3.63) is 54.6 Å². The highest BCUT2D eigenvalue weighted by atomic mass is 19.1. The van der Waals surface area contributed by atoms with Crippen LogP contribution in [0.3, 0.4) is 0 Å². The Labute approximate surface area is 144 Å². The molecule has 0 radical (unpaired) electrons. The first kappa shape index (κ1) is 15.4. The molecular weight excluding hydrogens is 321 g/mol. The lowest BCUT2D eigenvalue weighted by atomic mass is 10.2. The minimum atomic E-state index is -0.222. The molecular formula is C17H18FN7. The van der Waals surface area contributed by atoms with E-state index < -0.39 is 0 Å². The first-order valence-electron chi connectivity index (χ1n) is 8.09. The summed E-state index contributed by atoms with van der Waals surface area (Å²) in [5.74, 6) is 1.27. The Kier molecular flexibility index (Phi) is 3.93. The minimum Gasteiger partial charge on any atom is -0.369 e. The number of anilines is 3. The number of halogens is 1. The molecule has 8 heteroatoms. The van der Waals surface area contributed by atoms with Crippen molar-refractivity contribution in [2.24, 2.45) is 0 Å². The predicted octanol–water partition coefficient (Wildman–Crippen LogP) is 2.07. The highest BCUT2D eigenvalue weighted by Crippen LogP contribution is 2.23. The molecule has 1 saturated heterocycles. The largest absolute Gasteiger partial charge is 0.369 e. The van der Waals surface area contributed by atoms with E-state index in [4.69, 9.17) is 5.73 Å². The van der Waals surface area contributed by atoms with Crippen molar-refractivity contribution >= 4 is 17.5 Å². The SMILES string of the molecule is Nc1nc(NC2CCN(c3ccc(F)cc3)C2)cc(-n2cccn2)n1. The van der Waals surface area contributed by atoms with E-state index in [0.29, 0.717) is 11.6 Å².